The van der Waals surface area contributed by atoms with E-state index < -0.39 is 0 Å². The van der Waals surface area contributed by atoms with E-state index in [0.717, 1.165) is 5.56 Å². The third-order valence-corrected chi connectivity index (χ3v) is 3.70. The number of aromatic nitrogens is 4. The van der Waals surface area contributed by atoms with Crippen LogP contribution in [0, 0.1) is 6.92 Å². The molecule has 0 fully saturated rings. The van der Waals surface area contributed by atoms with Gasteiger partial charge in [0.25, 0.3) is 5.91 Å². The second-order valence-corrected chi connectivity index (χ2v) is 5.99. The molecule has 0 aliphatic heterocycles. The number of aryl methyl sites for hydroxylation is 3. The number of carbonyl (C=O) groups excluding carboxylic acids is 2. The van der Waals surface area contributed by atoms with Crippen molar-refractivity contribution in [1.29, 1.82) is 0 Å². The highest BCUT2D eigenvalue weighted by Crippen LogP contribution is 2.14. The van der Waals surface area contributed by atoms with Gasteiger partial charge in [-0.15, -0.1) is 0 Å². The van der Waals surface area contributed by atoms with Gasteiger partial charge in [-0.25, -0.2) is 0 Å². The highest BCUT2D eigenvalue weighted by Gasteiger charge is 2.09. The number of anilines is 2. The molecule has 2 amide bonds. The first-order valence-corrected chi connectivity index (χ1v) is 8.19. The van der Waals surface area contributed by atoms with E-state index >= 15 is 0 Å². The van der Waals surface area contributed by atoms with Crippen LogP contribution in [0.25, 0.3) is 0 Å². The van der Waals surface area contributed by atoms with E-state index in [9.17, 15) is 9.59 Å². The fourth-order valence-electron chi connectivity index (χ4n) is 2.40. The van der Waals surface area contributed by atoms with Crippen LogP contribution in [0.3, 0.4) is 0 Å². The molecule has 0 unspecified atom stereocenters. The van der Waals surface area contributed by atoms with Gasteiger partial charge in [-0.2, -0.15) is 10.2 Å². The molecule has 3 aromatic rings. The predicted octanol–water partition coefficient (Wildman–Crippen LogP) is 2.21. The highest BCUT2D eigenvalue weighted by molar-refractivity contribution is 6.03. The van der Waals surface area contributed by atoms with Crippen LogP contribution in [-0.4, -0.2) is 31.4 Å². The number of hydrogen-bond donors (Lipinski definition) is 2. The summed E-state index contributed by atoms with van der Waals surface area (Å²) in [5.41, 5.74) is 2.71. The van der Waals surface area contributed by atoms with Gasteiger partial charge in [0.05, 0.1) is 6.20 Å². The Morgan fingerprint density at radius 2 is 1.77 bits per heavy atom. The van der Waals surface area contributed by atoms with Gasteiger partial charge in [-0.1, -0.05) is 0 Å². The van der Waals surface area contributed by atoms with Crippen molar-refractivity contribution in [2.24, 2.45) is 7.05 Å². The van der Waals surface area contributed by atoms with Crippen LogP contribution >= 0.6 is 0 Å². The van der Waals surface area contributed by atoms with Gasteiger partial charge in [0.1, 0.15) is 0 Å². The summed E-state index contributed by atoms with van der Waals surface area (Å²) in [5.74, 6) is -0.375. The van der Waals surface area contributed by atoms with Gasteiger partial charge in [0.2, 0.25) is 5.91 Å². The van der Waals surface area contributed by atoms with E-state index in [4.69, 9.17) is 0 Å². The van der Waals surface area contributed by atoms with Crippen LogP contribution in [0.2, 0.25) is 0 Å². The minimum Gasteiger partial charge on any atom is -0.326 e. The van der Waals surface area contributed by atoms with E-state index in [0.29, 0.717) is 30.0 Å². The maximum atomic E-state index is 12.0. The zero-order valence-corrected chi connectivity index (χ0v) is 14.6. The first-order valence-electron chi connectivity index (χ1n) is 8.19. The zero-order valence-electron chi connectivity index (χ0n) is 14.6. The van der Waals surface area contributed by atoms with Gasteiger partial charge in [0, 0.05) is 43.8 Å². The Hall–Kier alpha value is -3.42. The summed E-state index contributed by atoms with van der Waals surface area (Å²) < 4.78 is 3.31. The van der Waals surface area contributed by atoms with E-state index in [-0.39, 0.29) is 11.8 Å². The molecule has 3 rings (SSSR count). The molecule has 2 N–H and O–H groups in total. The van der Waals surface area contributed by atoms with Gasteiger partial charge in [-0.3, -0.25) is 19.0 Å². The summed E-state index contributed by atoms with van der Waals surface area (Å²) in [6.07, 6.45) is 5.69. The zero-order chi connectivity index (χ0) is 18.5. The predicted molar refractivity (Wildman–Crippen MR) is 97.8 cm³/mol. The van der Waals surface area contributed by atoms with Gasteiger partial charge in [0.15, 0.2) is 5.69 Å². The third-order valence-electron chi connectivity index (χ3n) is 3.70. The van der Waals surface area contributed by atoms with Crippen molar-refractivity contribution in [3.63, 3.8) is 0 Å². The molecule has 1 aromatic carbocycles. The Kier molecular flexibility index (Phi) is 5.12. The molecule has 0 aliphatic rings. The van der Waals surface area contributed by atoms with E-state index in [1.807, 2.05) is 13.1 Å². The van der Waals surface area contributed by atoms with E-state index in [2.05, 4.69) is 20.8 Å². The molecule has 8 nitrogen and oxygen atoms in total. The van der Waals surface area contributed by atoms with Crippen LogP contribution < -0.4 is 10.6 Å². The smallest absolute Gasteiger partial charge is 0.276 e. The molecular weight excluding hydrogens is 332 g/mol. The second-order valence-electron chi connectivity index (χ2n) is 5.99. The van der Waals surface area contributed by atoms with Gasteiger partial charge < -0.3 is 10.6 Å². The van der Waals surface area contributed by atoms with Crippen LogP contribution in [0.5, 0.6) is 0 Å². The van der Waals surface area contributed by atoms with Crippen molar-refractivity contribution >= 4 is 23.2 Å². The minimum absolute atomic E-state index is 0.0941. The lowest BCUT2D eigenvalue weighted by Gasteiger charge is -2.07. The summed E-state index contributed by atoms with van der Waals surface area (Å²) in [4.78, 5) is 24.1. The monoisotopic (exact) mass is 352 g/mol. The maximum absolute atomic E-state index is 12.0. The van der Waals surface area contributed by atoms with Crippen molar-refractivity contribution in [3.05, 3.63) is 60.2 Å². The molecule has 0 atom stereocenters. The first kappa shape index (κ1) is 17.4. The number of nitrogens with zero attached hydrogens (tertiary/aromatic N) is 4. The quantitative estimate of drug-likeness (QED) is 0.711. The Labute approximate surface area is 150 Å². The van der Waals surface area contributed by atoms with Crippen LogP contribution in [0.4, 0.5) is 11.4 Å². The Bertz CT molecular complexity index is 910. The van der Waals surface area contributed by atoms with Crippen molar-refractivity contribution in [2.45, 2.75) is 19.9 Å². The molecule has 0 radical (unpaired) electrons. The first-order chi connectivity index (χ1) is 12.5. The van der Waals surface area contributed by atoms with Crippen molar-refractivity contribution in [1.82, 2.24) is 19.6 Å². The molecule has 0 saturated carbocycles. The number of rotatable bonds is 6. The SMILES string of the molecule is Cc1cnn(CCC(=O)Nc2ccc(NC(=O)c3ccn(C)n3)cc2)c1. The van der Waals surface area contributed by atoms with Gasteiger partial charge in [-0.05, 0) is 42.8 Å². The Balaban J connectivity index is 1.50. The molecular formula is C18H20N6O2. The standard InChI is InChI=1S/C18H20N6O2/c1-13-11-19-24(12-13)10-8-17(25)20-14-3-5-15(6-4-14)21-18(26)16-7-9-23(2)22-16/h3-7,9,11-12H,8,10H2,1-2H3,(H,20,25)(H,21,26). The lowest BCUT2D eigenvalue weighted by molar-refractivity contribution is -0.116. The molecule has 26 heavy (non-hydrogen) atoms. The number of carbonyl (C=O) groups is 2. The van der Waals surface area contributed by atoms with E-state index in [1.54, 1.807) is 59.1 Å². The van der Waals surface area contributed by atoms with Crippen molar-refractivity contribution in [3.8, 4) is 0 Å². The number of benzene rings is 1. The van der Waals surface area contributed by atoms with Crippen LogP contribution in [0.1, 0.15) is 22.5 Å². The fourth-order valence-corrected chi connectivity index (χ4v) is 2.40. The number of amides is 2. The maximum Gasteiger partial charge on any atom is 0.276 e. The molecule has 0 saturated heterocycles. The molecule has 8 heteroatoms. The lowest BCUT2D eigenvalue weighted by atomic mass is 10.2. The minimum atomic E-state index is -0.281. The van der Waals surface area contributed by atoms with Gasteiger partial charge >= 0.3 is 0 Å². The highest BCUT2D eigenvalue weighted by atomic mass is 16.2. The Morgan fingerprint density at radius 3 is 2.35 bits per heavy atom. The van der Waals surface area contributed by atoms with Crippen LogP contribution in [0.15, 0.2) is 48.9 Å². The normalized spacial score (nSPS) is 10.5. The van der Waals surface area contributed by atoms with Crippen molar-refractivity contribution < 1.29 is 9.59 Å². The van der Waals surface area contributed by atoms with Crippen LogP contribution in [-0.2, 0) is 18.4 Å². The number of nitrogens with one attached hydrogen (secondary N) is 2. The summed E-state index contributed by atoms with van der Waals surface area (Å²) in [7, 11) is 1.75. The largest absolute Gasteiger partial charge is 0.326 e. The lowest BCUT2D eigenvalue weighted by Crippen LogP contribution is -2.15. The van der Waals surface area contributed by atoms with Crippen molar-refractivity contribution in [2.75, 3.05) is 10.6 Å². The molecule has 2 aromatic heterocycles. The average molecular weight is 352 g/mol. The summed E-state index contributed by atoms with van der Waals surface area (Å²) in [6, 6.07) is 8.58. The summed E-state index contributed by atoms with van der Waals surface area (Å²) in [6.45, 7) is 2.48. The average Bonchev–Trinajstić information content (AvgIpc) is 3.23. The van der Waals surface area contributed by atoms with E-state index in [1.165, 1.54) is 0 Å². The molecule has 0 aliphatic carbocycles. The Morgan fingerprint density at radius 1 is 1.08 bits per heavy atom. The molecule has 0 bridgehead atoms. The summed E-state index contributed by atoms with van der Waals surface area (Å²) in [5, 5.41) is 13.8. The summed E-state index contributed by atoms with van der Waals surface area (Å²) >= 11 is 0. The number of hydrogen-bond acceptors (Lipinski definition) is 4. The second kappa shape index (κ2) is 7.64. The fraction of sp³-hybridized carbons (Fsp3) is 0.222. The molecule has 134 valence electrons. The third kappa shape index (κ3) is 4.56. The topological polar surface area (TPSA) is 93.8 Å². The molecule has 2 heterocycles. The molecule has 0 spiro atoms.